The second-order valence-corrected chi connectivity index (χ2v) is 8.04. The quantitative estimate of drug-likeness (QED) is 0.423. The normalized spacial score (nSPS) is 13.8. The van der Waals surface area contributed by atoms with E-state index in [0.717, 1.165) is 6.42 Å². The van der Waals surface area contributed by atoms with Crippen LogP contribution in [0.5, 0.6) is 0 Å². The molecular weight excluding hydrogens is 258 g/mol. The number of hydrogen-bond donors (Lipinski definition) is 1. The SMILES string of the molecule is CCOC(=O)C=CNC(CO[Si](C)C)CC(C)(C)C. The molecule has 19 heavy (non-hydrogen) atoms. The van der Waals surface area contributed by atoms with Crippen LogP contribution in [-0.2, 0) is 14.0 Å². The lowest BCUT2D eigenvalue weighted by atomic mass is 9.88. The summed E-state index contributed by atoms with van der Waals surface area (Å²) >= 11 is 0. The van der Waals surface area contributed by atoms with E-state index in [-0.39, 0.29) is 17.4 Å². The van der Waals surface area contributed by atoms with Crippen LogP contribution in [0.2, 0.25) is 13.1 Å². The summed E-state index contributed by atoms with van der Waals surface area (Å²) < 4.78 is 10.6. The average Bonchev–Trinajstić information content (AvgIpc) is 2.24. The highest BCUT2D eigenvalue weighted by molar-refractivity contribution is 6.48. The molecule has 0 saturated heterocycles. The van der Waals surface area contributed by atoms with Crippen molar-refractivity contribution in [2.45, 2.75) is 53.3 Å². The van der Waals surface area contributed by atoms with Gasteiger partial charge in [-0.25, -0.2) is 4.79 Å². The lowest BCUT2D eigenvalue weighted by Gasteiger charge is -2.26. The predicted octanol–water partition coefficient (Wildman–Crippen LogP) is 2.73. The molecule has 0 saturated carbocycles. The van der Waals surface area contributed by atoms with Crippen molar-refractivity contribution in [3.63, 3.8) is 0 Å². The molecule has 0 fully saturated rings. The zero-order valence-electron chi connectivity index (χ0n) is 13.1. The van der Waals surface area contributed by atoms with Gasteiger partial charge >= 0.3 is 5.97 Å². The molecule has 0 aliphatic rings. The number of hydrogen-bond acceptors (Lipinski definition) is 4. The highest BCUT2D eigenvalue weighted by Gasteiger charge is 2.18. The van der Waals surface area contributed by atoms with Crippen LogP contribution < -0.4 is 5.32 Å². The summed E-state index contributed by atoms with van der Waals surface area (Å²) in [5.41, 5.74) is 0.215. The molecule has 0 spiro atoms. The van der Waals surface area contributed by atoms with Crippen molar-refractivity contribution in [2.75, 3.05) is 13.2 Å². The average molecular weight is 286 g/mol. The van der Waals surface area contributed by atoms with Gasteiger partial charge in [-0.1, -0.05) is 20.8 Å². The molecule has 1 radical (unpaired) electrons. The zero-order chi connectivity index (χ0) is 14.9. The number of rotatable bonds is 8. The van der Waals surface area contributed by atoms with Gasteiger partial charge in [0.05, 0.1) is 13.2 Å². The molecule has 1 unspecified atom stereocenters. The van der Waals surface area contributed by atoms with Crippen LogP contribution in [-0.4, -0.2) is 34.3 Å². The zero-order valence-corrected chi connectivity index (χ0v) is 14.1. The van der Waals surface area contributed by atoms with E-state index in [9.17, 15) is 4.79 Å². The second kappa shape index (κ2) is 9.15. The standard InChI is InChI=1S/C14H28NO3Si/c1-7-17-13(16)8-9-15-12(10-14(2,3)4)11-18-19(5)6/h8-9,12,15H,7,10-11H2,1-6H3. The van der Waals surface area contributed by atoms with Gasteiger partial charge in [0.1, 0.15) is 0 Å². The minimum absolute atomic E-state index is 0.213. The molecule has 4 nitrogen and oxygen atoms in total. The van der Waals surface area contributed by atoms with Gasteiger partial charge in [0.2, 0.25) is 9.04 Å². The number of esters is 1. The van der Waals surface area contributed by atoms with Crippen molar-refractivity contribution in [3.05, 3.63) is 12.3 Å². The van der Waals surface area contributed by atoms with Crippen LogP contribution in [0.15, 0.2) is 12.3 Å². The fraction of sp³-hybridized carbons (Fsp3) is 0.786. The Balaban J connectivity index is 4.29. The lowest BCUT2D eigenvalue weighted by Crippen LogP contribution is -2.35. The third kappa shape index (κ3) is 12.0. The van der Waals surface area contributed by atoms with Crippen molar-refractivity contribution in [2.24, 2.45) is 5.41 Å². The fourth-order valence-corrected chi connectivity index (χ4v) is 2.15. The molecule has 0 aromatic rings. The van der Waals surface area contributed by atoms with E-state index < -0.39 is 9.04 Å². The second-order valence-electron chi connectivity index (χ2n) is 5.93. The highest BCUT2D eigenvalue weighted by atomic mass is 28.3. The minimum Gasteiger partial charge on any atom is -0.463 e. The van der Waals surface area contributed by atoms with Gasteiger partial charge in [-0.3, -0.25) is 0 Å². The summed E-state index contributed by atoms with van der Waals surface area (Å²) in [4.78, 5) is 11.2. The third-order valence-electron chi connectivity index (χ3n) is 2.27. The molecule has 1 atom stereocenters. The Morgan fingerprint density at radius 2 is 2.00 bits per heavy atom. The largest absolute Gasteiger partial charge is 0.463 e. The summed E-state index contributed by atoms with van der Waals surface area (Å²) in [6.07, 6.45) is 4.06. The summed E-state index contributed by atoms with van der Waals surface area (Å²) in [5, 5.41) is 3.23. The van der Waals surface area contributed by atoms with Crippen LogP contribution in [0.25, 0.3) is 0 Å². The first-order valence-corrected chi connectivity index (χ1v) is 9.17. The van der Waals surface area contributed by atoms with Crippen molar-refractivity contribution in [1.29, 1.82) is 0 Å². The topological polar surface area (TPSA) is 47.6 Å². The molecule has 0 aromatic carbocycles. The third-order valence-corrected chi connectivity index (χ3v) is 3.01. The van der Waals surface area contributed by atoms with E-state index >= 15 is 0 Å². The molecule has 0 heterocycles. The van der Waals surface area contributed by atoms with E-state index in [2.05, 4.69) is 39.2 Å². The summed E-state index contributed by atoms with van der Waals surface area (Å²) in [7, 11) is -0.689. The first-order chi connectivity index (χ1) is 8.74. The highest BCUT2D eigenvalue weighted by Crippen LogP contribution is 2.21. The van der Waals surface area contributed by atoms with Crippen LogP contribution in [0.3, 0.4) is 0 Å². The maximum absolute atomic E-state index is 11.2. The van der Waals surface area contributed by atoms with Crippen molar-refractivity contribution in [1.82, 2.24) is 5.32 Å². The molecule has 5 heteroatoms. The lowest BCUT2D eigenvalue weighted by molar-refractivity contribution is -0.137. The summed E-state index contributed by atoms with van der Waals surface area (Å²) in [5.74, 6) is -0.318. The minimum atomic E-state index is -0.689. The van der Waals surface area contributed by atoms with E-state index in [1.165, 1.54) is 6.08 Å². The maximum atomic E-state index is 11.2. The van der Waals surface area contributed by atoms with Crippen molar-refractivity contribution >= 4 is 15.0 Å². The Bertz CT molecular complexity index is 285. The number of ether oxygens (including phenoxy) is 1. The Morgan fingerprint density at radius 1 is 1.37 bits per heavy atom. The van der Waals surface area contributed by atoms with E-state index in [4.69, 9.17) is 9.16 Å². The Labute approximate surface area is 119 Å². The van der Waals surface area contributed by atoms with E-state index in [0.29, 0.717) is 13.2 Å². The van der Waals surface area contributed by atoms with Crippen LogP contribution in [0, 0.1) is 5.41 Å². The van der Waals surface area contributed by atoms with E-state index in [1.807, 2.05) is 0 Å². The van der Waals surface area contributed by atoms with Gasteiger partial charge in [-0.05, 0) is 31.9 Å². The van der Waals surface area contributed by atoms with Gasteiger partial charge in [0.15, 0.2) is 0 Å². The molecular formula is C14H28NO3Si. The van der Waals surface area contributed by atoms with Gasteiger partial charge in [-0.15, -0.1) is 0 Å². The number of carbonyl (C=O) groups is 1. The van der Waals surface area contributed by atoms with E-state index in [1.54, 1.807) is 13.1 Å². The first kappa shape index (κ1) is 18.2. The molecule has 1 N–H and O–H groups in total. The van der Waals surface area contributed by atoms with Crippen molar-refractivity contribution in [3.8, 4) is 0 Å². The molecule has 0 amide bonds. The van der Waals surface area contributed by atoms with Crippen LogP contribution >= 0.6 is 0 Å². The number of nitrogens with one attached hydrogen (secondary N) is 1. The maximum Gasteiger partial charge on any atom is 0.332 e. The summed E-state index contributed by atoms with van der Waals surface area (Å²) in [6.45, 7) is 13.7. The van der Waals surface area contributed by atoms with Gasteiger partial charge in [-0.2, -0.15) is 0 Å². The van der Waals surface area contributed by atoms with Gasteiger partial charge < -0.3 is 14.5 Å². The Morgan fingerprint density at radius 3 is 2.47 bits per heavy atom. The monoisotopic (exact) mass is 286 g/mol. The Hall–Kier alpha value is -0.813. The molecule has 0 rings (SSSR count). The van der Waals surface area contributed by atoms with Crippen LogP contribution in [0.4, 0.5) is 0 Å². The molecule has 111 valence electrons. The molecule has 0 aliphatic carbocycles. The Kier molecular flexibility index (Phi) is 8.76. The van der Waals surface area contributed by atoms with Gasteiger partial charge in [0.25, 0.3) is 0 Å². The molecule has 0 bridgehead atoms. The smallest absolute Gasteiger partial charge is 0.332 e. The predicted molar refractivity (Wildman–Crippen MR) is 80.2 cm³/mol. The first-order valence-electron chi connectivity index (χ1n) is 6.77. The van der Waals surface area contributed by atoms with Crippen LogP contribution in [0.1, 0.15) is 34.1 Å². The summed E-state index contributed by atoms with van der Waals surface area (Å²) in [6, 6.07) is 0.213. The fourth-order valence-electron chi connectivity index (χ4n) is 1.62. The van der Waals surface area contributed by atoms with Gasteiger partial charge in [0, 0.05) is 18.3 Å². The molecule has 0 aromatic heterocycles. The molecule has 0 aliphatic heterocycles. The number of carbonyl (C=O) groups excluding carboxylic acids is 1. The van der Waals surface area contributed by atoms with Crippen molar-refractivity contribution < 1.29 is 14.0 Å².